The van der Waals surface area contributed by atoms with Crippen molar-refractivity contribution in [1.82, 2.24) is 19.9 Å². The van der Waals surface area contributed by atoms with Crippen LogP contribution in [-0.2, 0) is 22.4 Å². The first kappa shape index (κ1) is 38.6. The summed E-state index contributed by atoms with van der Waals surface area (Å²) in [6.45, 7) is 19.4. The van der Waals surface area contributed by atoms with Gasteiger partial charge in [-0.1, -0.05) is 27.7 Å². The van der Waals surface area contributed by atoms with Crippen LogP contribution >= 0.6 is 0 Å². The number of halogens is 1. The number of carbonyl (C=O) groups excluding carboxylic acids is 1. The van der Waals surface area contributed by atoms with Crippen molar-refractivity contribution in [2.75, 3.05) is 26.4 Å². The number of carboxylic acid groups (broad SMARTS) is 1. The van der Waals surface area contributed by atoms with Gasteiger partial charge < -0.3 is 25.0 Å². The van der Waals surface area contributed by atoms with Crippen LogP contribution < -0.4 is 10.1 Å². The molecule has 1 amide bonds. The molecule has 0 saturated carbocycles. The number of carbonyl (C=O) groups is 2. The quantitative estimate of drug-likeness (QED) is 0.237. The van der Waals surface area contributed by atoms with E-state index < -0.39 is 17.4 Å². The number of aromatic nitrogens is 3. The Morgan fingerprint density at radius 3 is 2.41 bits per heavy atom. The zero-order valence-electron chi connectivity index (χ0n) is 29.1. The molecule has 1 saturated heterocycles. The molecule has 0 aliphatic carbocycles. The molecule has 5 rings (SSSR count). The lowest BCUT2D eigenvalue weighted by Crippen LogP contribution is -2.25. The van der Waals surface area contributed by atoms with E-state index in [9.17, 15) is 14.7 Å². The second kappa shape index (κ2) is 17.9. The summed E-state index contributed by atoms with van der Waals surface area (Å²) in [6.07, 6.45) is 4.00. The van der Waals surface area contributed by atoms with E-state index in [2.05, 4.69) is 15.4 Å². The third kappa shape index (κ3) is 10.5. The van der Waals surface area contributed by atoms with E-state index in [1.165, 1.54) is 10.6 Å². The molecule has 11 heteroatoms. The number of nitrogens with one attached hydrogen (secondary N) is 1. The lowest BCUT2D eigenvalue weighted by atomic mass is 9.91. The molecular weight excluding hydrogens is 591 g/mol. The Morgan fingerprint density at radius 2 is 1.80 bits per heavy atom. The number of ether oxygens (including phenoxy) is 2. The number of hydrogen-bond donors (Lipinski definition) is 3. The lowest BCUT2D eigenvalue weighted by molar-refractivity contribution is -0.136. The number of hydrogen-bond acceptors (Lipinski definition) is 7. The normalized spacial score (nSPS) is 15.2. The smallest absolute Gasteiger partial charge is 0.307 e. The highest BCUT2D eigenvalue weighted by atomic mass is 19.1. The summed E-state index contributed by atoms with van der Waals surface area (Å²) in [5.74, 6) is -1.09. The first-order valence-corrected chi connectivity index (χ1v) is 16.5. The summed E-state index contributed by atoms with van der Waals surface area (Å²) < 4.78 is 27.6. The summed E-state index contributed by atoms with van der Waals surface area (Å²) in [5.41, 5.74) is 3.48. The molecule has 10 nitrogen and oxygen atoms in total. The maximum Gasteiger partial charge on any atom is 0.307 e. The van der Waals surface area contributed by atoms with Crippen molar-refractivity contribution in [3.05, 3.63) is 46.0 Å². The predicted octanol–water partition coefficient (Wildman–Crippen LogP) is 6.48. The Bertz CT molecular complexity index is 1450. The lowest BCUT2D eigenvalue weighted by Gasteiger charge is -2.23. The molecule has 2 aliphatic heterocycles. The van der Waals surface area contributed by atoms with Gasteiger partial charge in [-0.2, -0.15) is 5.10 Å². The molecule has 3 aromatic rings. The third-order valence-electron chi connectivity index (χ3n) is 7.26. The van der Waals surface area contributed by atoms with Crippen molar-refractivity contribution < 1.29 is 33.7 Å². The van der Waals surface area contributed by atoms with Gasteiger partial charge in [-0.3, -0.25) is 9.59 Å². The summed E-state index contributed by atoms with van der Waals surface area (Å²) >= 11 is 0. The Morgan fingerprint density at radius 1 is 1.13 bits per heavy atom. The molecule has 4 heterocycles. The molecule has 0 spiro atoms. The van der Waals surface area contributed by atoms with Gasteiger partial charge >= 0.3 is 5.97 Å². The fourth-order valence-electron chi connectivity index (χ4n) is 5.30. The van der Waals surface area contributed by atoms with Crippen LogP contribution in [0.3, 0.4) is 0 Å². The standard InChI is InChI=1S/C27H31FN4O5.C4H10O.2C2H6/c1-15-18-6-4-9-37-26(18)21(28)11-19(15)25-20(12-24(33)34)16(2)30-23-13-22(31-32(23)25)27(35)29-8-3-5-17-7-10-36-14-17;1-4(2,3)5;2*1-2/h11,13,17H,3-10,12,14H2,1-2H3,(H,29,35)(H,33,34);5H,1-3H3;2*1-2H3. The van der Waals surface area contributed by atoms with Gasteiger partial charge in [0.05, 0.1) is 24.3 Å². The van der Waals surface area contributed by atoms with E-state index in [1.807, 2.05) is 34.6 Å². The van der Waals surface area contributed by atoms with E-state index in [0.717, 1.165) is 50.0 Å². The summed E-state index contributed by atoms with van der Waals surface area (Å²) in [7, 11) is 0. The zero-order valence-corrected chi connectivity index (χ0v) is 29.1. The number of rotatable bonds is 8. The maximum absolute atomic E-state index is 15.2. The van der Waals surface area contributed by atoms with Gasteiger partial charge in [0.2, 0.25) is 0 Å². The van der Waals surface area contributed by atoms with Crippen LogP contribution in [0.1, 0.15) is 107 Å². The summed E-state index contributed by atoms with van der Waals surface area (Å²) in [6, 6.07) is 2.95. The van der Waals surface area contributed by atoms with Crippen molar-refractivity contribution in [1.29, 1.82) is 0 Å². The van der Waals surface area contributed by atoms with Crippen LogP contribution in [0.4, 0.5) is 4.39 Å². The number of benzene rings is 1. The van der Waals surface area contributed by atoms with Crippen LogP contribution in [0.5, 0.6) is 5.75 Å². The fraction of sp³-hybridized carbons (Fsp3) is 0.600. The summed E-state index contributed by atoms with van der Waals surface area (Å²) in [4.78, 5) is 29.2. The Hall–Kier alpha value is -3.57. The van der Waals surface area contributed by atoms with Crippen molar-refractivity contribution in [2.24, 2.45) is 5.92 Å². The van der Waals surface area contributed by atoms with Crippen LogP contribution in [0.25, 0.3) is 16.9 Å². The molecule has 1 fully saturated rings. The average molecular weight is 645 g/mol. The molecule has 2 aliphatic rings. The number of carboxylic acids is 1. The second-order valence-corrected chi connectivity index (χ2v) is 12.0. The average Bonchev–Trinajstić information content (AvgIpc) is 3.69. The largest absolute Gasteiger partial charge is 0.490 e. The van der Waals surface area contributed by atoms with E-state index in [1.54, 1.807) is 33.8 Å². The number of aryl methyl sites for hydroxylation is 1. The number of aliphatic hydroxyl groups is 1. The van der Waals surface area contributed by atoms with E-state index in [4.69, 9.17) is 14.6 Å². The first-order chi connectivity index (χ1) is 21.8. The van der Waals surface area contributed by atoms with E-state index in [0.29, 0.717) is 53.7 Å². The summed E-state index contributed by atoms with van der Waals surface area (Å²) in [5, 5.41) is 25.6. The van der Waals surface area contributed by atoms with Crippen molar-refractivity contribution >= 4 is 17.5 Å². The highest BCUT2D eigenvalue weighted by Gasteiger charge is 2.26. The van der Waals surface area contributed by atoms with Crippen LogP contribution in [0, 0.1) is 25.6 Å². The molecule has 1 unspecified atom stereocenters. The van der Waals surface area contributed by atoms with Gasteiger partial charge in [0, 0.05) is 48.2 Å². The fourth-order valence-corrected chi connectivity index (χ4v) is 5.30. The van der Waals surface area contributed by atoms with E-state index >= 15 is 4.39 Å². The van der Waals surface area contributed by atoms with Crippen molar-refractivity contribution in [3.8, 4) is 17.0 Å². The molecule has 3 N–H and O–H groups in total. The van der Waals surface area contributed by atoms with Crippen LogP contribution in [0.2, 0.25) is 0 Å². The van der Waals surface area contributed by atoms with E-state index in [-0.39, 0.29) is 23.8 Å². The molecular formula is C35H53FN4O6. The Balaban J connectivity index is 0.000000736. The highest BCUT2D eigenvalue weighted by Crippen LogP contribution is 2.39. The van der Waals surface area contributed by atoms with Gasteiger partial charge in [-0.25, -0.2) is 13.9 Å². The highest BCUT2D eigenvalue weighted by molar-refractivity contribution is 5.93. The molecule has 0 radical (unpaired) electrons. The van der Waals surface area contributed by atoms with Gasteiger partial charge in [0.1, 0.15) is 0 Å². The van der Waals surface area contributed by atoms with Gasteiger partial charge in [-0.15, -0.1) is 0 Å². The molecule has 46 heavy (non-hydrogen) atoms. The molecule has 1 aromatic carbocycles. The minimum atomic E-state index is -1.04. The second-order valence-electron chi connectivity index (χ2n) is 12.0. The van der Waals surface area contributed by atoms with Crippen LogP contribution in [0.15, 0.2) is 12.1 Å². The van der Waals surface area contributed by atoms with Crippen LogP contribution in [-0.4, -0.2) is 68.7 Å². The first-order valence-electron chi connectivity index (χ1n) is 16.5. The minimum absolute atomic E-state index is 0.171. The number of fused-ring (bicyclic) bond motifs is 2. The van der Waals surface area contributed by atoms with Gasteiger partial charge in [0.15, 0.2) is 22.9 Å². The predicted molar refractivity (Wildman–Crippen MR) is 178 cm³/mol. The molecule has 256 valence electrons. The molecule has 1 atom stereocenters. The number of amides is 1. The third-order valence-corrected chi connectivity index (χ3v) is 7.26. The Kier molecular flexibility index (Phi) is 15.1. The minimum Gasteiger partial charge on any atom is -0.490 e. The van der Waals surface area contributed by atoms with Gasteiger partial charge in [0.25, 0.3) is 5.91 Å². The monoisotopic (exact) mass is 644 g/mol. The maximum atomic E-state index is 15.2. The molecule has 0 bridgehead atoms. The van der Waals surface area contributed by atoms with Crippen molar-refractivity contribution in [3.63, 3.8) is 0 Å². The van der Waals surface area contributed by atoms with Gasteiger partial charge in [-0.05, 0) is 84.3 Å². The Labute approximate surface area is 272 Å². The number of aliphatic carboxylic acids is 1. The topological polar surface area (TPSA) is 135 Å². The van der Waals surface area contributed by atoms with Crippen molar-refractivity contribution in [2.45, 2.75) is 106 Å². The number of nitrogens with zero attached hydrogens (tertiary/aromatic N) is 3. The molecule has 2 aromatic heterocycles. The SMILES string of the molecule is CC.CC.CC(C)(C)O.Cc1nc2cc(C(=O)NCCCC3CCOC3)nn2c(-c2cc(F)c3c(c2C)CCCO3)c1CC(=O)O. The zero-order chi connectivity index (χ0) is 34.6.